The first-order valence-electron chi connectivity index (χ1n) is 5.27. The van der Waals surface area contributed by atoms with Crippen molar-refractivity contribution in [3.63, 3.8) is 0 Å². The average molecular weight is 208 g/mol. The van der Waals surface area contributed by atoms with Gasteiger partial charge in [0.15, 0.2) is 0 Å². The molecule has 0 atom stereocenters. The van der Waals surface area contributed by atoms with E-state index in [0.717, 1.165) is 0 Å². The lowest BCUT2D eigenvalue weighted by atomic mass is 9.96. The highest BCUT2D eigenvalue weighted by Crippen LogP contribution is 2.21. The Morgan fingerprint density at radius 3 is 2.57 bits per heavy atom. The summed E-state index contributed by atoms with van der Waals surface area (Å²) < 4.78 is 3.53. The summed E-state index contributed by atoms with van der Waals surface area (Å²) in [6, 6.07) is 4.79. The molecule has 1 heterocycles. The van der Waals surface area contributed by atoms with Crippen molar-refractivity contribution >= 4 is 11.9 Å². The van der Waals surface area contributed by atoms with Gasteiger partial charge in [-0.2, -0.15) is 0 Å². The molecule has 0 amide bonds. The second-order valence-corrected chi connectivity index (χ2v) is 4.65. The normalized spacial score (nSPS) is 18.3. The zero-order valence-electron chi connectivity index (χ0n) is 8.28. The Morgan fingerprint density at radius 2 is 1.86 bits per heavy atom. The summed E-state index contributed by atoms with van der Waals surface area (Å²) in [5.74, 6) is 0. The number of pyridine rings is 1. The van der Waals surface area contributed by atoms with Gasteiger partial charge in [-0.25, -0.2) is 0 Å². The Morgan fingerprint density at radius 1 is 1.14 bits per heavy atom. The molecule has 0 unspecified atom stereocenters. The lowest BCUT2D eigenvalue weighted by Crippen LogP contribution is -2.25. The molecule has 1 aromatic heterocycles. The Kier molecular flexibility index (Phi) is 3.83. The van der Waals surface area contributed by atoms with Gasteiger partial charge in [0.25, 0.3) is 0 Å². The van der Waals surface area contributed by atoms with Crippen LogP contribution >= 0.6 is 11.9 Å². The molecule has 0 bridgehead atoms. The van der Waals surface area contributed by atoms with Gasteiger partial charge >= 0.3 is 0 Å². The molecule has 0 radical (unpaired) electrons. The summed E-state index contributed by atoms with van der Waals surface area (Å²) in [6.45, 7) is 0. The smallest absolute Gasteiger partial charge is 0.0279 e. The Hall–Kier alpha value is -0.540. The van der Waals surface area contributed by atoms with Crippen LogP contribution in [0.2, 0.25) is 0 Å². The lowest BCUT2D eigenvalue weighted by Gasteiger charge is -2.21. The molecule has 0 saturated heterocycles. The van der Waals surface area contributed by atoms with Crippen LogP contribution in [0.25, 0.3) is 0 Å². The van der Waals surface area contributed by atoms with E-state index in [4.69, 9.17) is 0 Å². The van der Waals surface area contributed by atoms with Crippen molar-refractivity contribution in [2.45, 2.75) is 43.0 Å². The highest BCUT2D eigenvalue weighted by Gasteiger charge is 2.12. The molecule has 2 rings (SSSR count). The van der Waals surface area contributed by atoms with Gasteiger partial charge in [-0.05, 0) is 36.9 Å². The van der Waals surface area contributed by atoms with Crippen molar-refractivity contribution < 1.29 is 0 Å². The largest absolute Gasteiger partial charge is 0.265 e. The summed E-state index contributed by atoms with van der Waals surface area (Å²) in [5.41, 5.74) is 0. The number of nitrogens with zero attached hydrogens (tertiary/aromatic N) is 1. The summed E-state index contributed by atoms with van der Waals surface area (Å²) in [7, 11) is 0. The van der Waals surface area contributed by atoms with E-state index in [1.807, 2.05) is 24.5 Å². The maximum Gasteiger partial charge on any atom is 0.0279 e. The van der Waals surface area contributed by atoms with E-state index in [1.54, 1.807) is 11.9 Å². The van der Waals surface area contributed by atoms with Gasteiger partial charge in [0.2, 0.25) is 0 Å². The molecule has 76 valence electrons. The van der Waals surface area contributed by atoms with Gasteiger partial charge in [0.1, 0.15) is 0 Å². The highest BCUT2D eigenvalue weighted by molar-refractivity contribution is 7.97. The number of rotatable bonds is 3. The molecule has 1 saturated carbocycles. The molecule has 1 aromatic rings. The first kappa shape index (κ1) is 9.99. The van der Waals surface area contributed by atoms with Crippen LogP contribution in [0.15, 0.2) is 29.4 Å². The maximum absolute atomic E-state index is 4.00. The van der Waals surface area contributed by atoms with Crippen molar-refractivity contribution in [3.05, 3.63) is 24.5 Å². The van der Waals surface area contributed by atoms with E-state index in [9.17, 15) is 0 Å². The molecule has 1 fully saturated rings. The fourth-order valence-corrected chi connectivity index (χ4v) is 2.57. The second-order valence-electron chi connectivity index (χ2n) is 3.74. The van der Waals surface area contributed by atoms with Gasteiger partial charge < -0.3 is 0 Å². The zero-order valence-corrected chi connectivity index (χ0v) is 9.09. The second kappa shape index (κ2) is 5.37. The van der Waals surface area contributed by atoms with E-state index in [0.29, 0.717) is 6.04 Å². The third kappa shape index (κ3) is 3.00. The molecule has 1 N–H and O–H groups in total. The molecule has 0 spiro atoms. The molecule has 0 aliphatic heterocycles. The maximum atomic E-state index is 4.00. The minimum atomic E-state index is 0.710. The predicted molar refractivity (Wildman–Crippen MR) is 60.1 cm³/mol. The van der Waals surface area contributed by atoms with Gasteiger partial charge in [-0.1, -0.05) is 19.3 Å². The van der Waals surface area contributed by atoms with Gasteiger partial charge in [-0.15, -0.1) is 0 Å². The van der Waals surface area contributed by atoms with Crippen LogP contribution in [0.5, 0.6) is 0 Å². The highest BCUT2D eigenvalue weighted by atomic mass is 32.2. The Balaban J connectivity index is 1.76. The van der Waals surface area contributed by atoms with Crippen molar-refractivity contribution in [2.24, 2.45) is 0 Å². The fourth-order valence-electron chi connectivity index (χ4n) is 1.78. The van der Waals surface area contributed by atoms with Crippen LogP contribution in [0, 0.1) is 0 Å². The minimum absolute atomic E-state index is 0.710. The van der Waals surface area contributed by atoms with E-state index in [1.165, 1.54) is 37.0 Å². The van der Waals surface area contributed by atoms with Crippen LogP contribution in [-0.4, -0.2) is 11.0 Å². The zero-order chi connectivity index (χ0) is 9.64. The third-order valence-electron chi connectivity index (χ3n) is 2.60. The van der Waals surface area contributed by atoms with Crippen LogP contribution < -0.4 is 4.72 Å². The quantitative estimate of drug-likeness (QED) is 0.773. The SMILES string of the molecule is c1cc(SNC2CCCCC2)ccn1. The summed E-state index contributed by atoms with van der Waals surface area (Å²) in [4.78, 5) is 5.25. The van der Waals surface area contributed by atoms with Gasteiger partial charge in [-0.3, -0.25) is 9.71 Å². The van der Waals surface area contributed by atoms with Crippen LogP contribution in [0.3, 0.4) is 0 Å². The van der Waals surface area contributed by atoms with E-state index in [-0.39, 0.29) is 0 Å². The molecule has 14 heavy (non-hydrogen) atoms. The van der Waals surface area contributed by atoms with E-state index >= 15 is 0 Å². The summed E-state index contributed by atoms with van der Waals surface area (Å²) in [6.07, 6.45) is 10.5. The molecular weight excluding hydrogens is 192 g/mol. The number of hydrogen-bond acceptors (Lipinski definition) is 3. The van der Waals surface area contributed by atoms with Crippen molar-refractivity contribution in [3.8, 4) is 0 Å². The van der Waals surface area contributed by atoms with Crippen LogP contribution in [0.1, 0.15) is 32.1 Å². The van der Waals surface area contributed by atoms with Crippen LogP contribution in [0.4, 0.5) is 0 Å². The first-order valence-corrected chi connectivity index (χ1v) is 6.09. The lowest BCUT2D eigenvalue weighted by molar-refractivity contribution is 0.423. The predicted octanol–water partition coefficient (Wildman–Crippen LogP) is 3.01. The monoisotopic (exact) mass is 208 g/mol. The standard InChI is InChI=1S/C11H16N2S/c1-2-4-10(5-3-1)13-14-11-6-8-12-9-7-11/h6-10,13H,1-5H2. The first-order chi connectivity index (χ1) is 6.95. The van der Waals surface area contributed by atoms with Gasteiger partial charge in [0, 0.05) is 23.3 Å². The molecule has 0 aromatic carbocycles. The molecular formula is C11H16N2S. The molecule has 3 heteroatoms. The molecule has 1 aliphatic carbocycles. The van der Waals surface area contributed by atoms with Crippen LogP contribution in [-0.2, 0) is 0 Å². The summed E-state index contributed by atoms with van der Waals surface area (Å²) >= 11 is 1.74. The molecule has 1 aliphatic rings. The fraction of sp³-hybridized carbons (Fsp3) is 0.545. The molecule has 2 nitrogen and oxygen atoms in total. The topological polar surface area (TPSA) is 24.9 Å². The average Bonchev–Trinajstić information content (AvgIpc) is 2.29. The number of aromatic nitrogens is 1. The third-order valence-corrected chi connectivity index (χ3v) is 3.56. The Labute approximate surface area is 89.6 Å². The van der Waals surface area contributed by atoms with Crippen molar-refractivity contribution in [1.82, 2.24) is 9.71 Å². The Bertz CT molecular complexity index is 257. The number of nitrogens with one attached hydrogen (secondary N) is 1. The van der Waals surface area contributed by atoms with Crippen molar-refractivity contribution in [2.75, 3.05) is 0 Å². The van der Waals surface area contributed by atoms with E-state index < -0.39 is 0 Å². The summed E-state index contributed by atoms with van der Waals surface area (Å²) in [5, 5.41) is 0. The minimum Gasteiger partial charge on any atom is -0.265 e. The van der Waals surface area contributed by atoms with Gasteiger partial charge in [0.05, 0.1) is 0 Å². The van der Waals surface area contributed by atoms with E-state index in [2.05, 4.69) is 9.71 Å². The number of hydrogen-bond donors (Lipinski definition) is 1. The van der Waals surface area contributed by atoms with Crippen molar-refractivity contribution in [1.29, 1.82) is 0 Å².